The highest BCUT2D eigenvalue weighted by atomic mass is 32.2. The lowest BCUT2D eigenvalue weighted by Gasteiger charge is -2.14. The highest BCUT2D eigenvalue weighted by molar-refractivity contribution is 7.98. The van der Waals surface area contributed by atoms with E-state index in [1.165, 1.54) is 5.75 Å². The Morgan fingerprint density at radius 3 is 2.81 bits per heavy atom. The molecule has 0 bridgehead atoms. The Morgan fingerprint density at radius 1 is 1.44 bits per heavy atom. The van der Waals surface area contributed by atoms with Crippen molar-refractivity contribution in [3.05, 3.63) is 0 Å². The van der Waals surface area contributed by atoms with Crippen LogP contribution >= 0.6 is 24.0 Å². The van der Waals surface area contributed by atoms with Gasteiger partial charge >= 0.3 is 0 Å². The quantitative estimate of drug-likeness (QED) is 0.491. The molecule has 0 spiro atoms. The molecular formula is C11H24N2OS2. The molecule has 3 nitrogen and oxygen atoms in total. The third-order valence-electron chi connectivity index (χ3n) is 2.02. The Labute approximate surface area is 109 Å². The van der Waals surface area contributed by atoms with Crippen LogP contribution in [0.2, 0.25) is 0 Å². The molecule has 0 radical (unpaired) electrons. The maximum atomic E-state index is 5.24. The summed E-state index contributed by atoms with van der Waals surface area (Å²) in [5.74, 6) is 1.82. The van der Waals surface area contributed by atoms with Crippen molar-refractivity contribution in [3.63, 3.8) is 0 Å². The molecule has 1 unspecified atom stereocenters. The van der Waals surface area contributed by atoms with Crippen LogP contribution in [0.4, 0.5) is 0 Å². The van der Waals surface area contributed by atoms with Crippen LogP contribution in [0.25, 0.3) is 0 Å². The number of thioether (sulfide) groups is 1. The van der Waals surface area contributed by atoms with E-state index in [0.717, 1.165) is 37.8 Å². The third kappa shape index (κ3) is 10.5. The molecule has 16 heavy (non-hydrogen) atoms. The highest BCUT2D eigenvalue weighted by Gasteiger charge is 2.01. The normalized spacial score (nSPS) is 12.2. The topological polar surface area (TPSA) is 33.3 Å². The van der Waals surface area contributed by atoms with Gasteiger partial charge in [-0.1, -0.05) is 6.92 Å². The van der Waals surface area contributed by atoms with Crippen molar-refractivity contribution in [1.82, 2.24) is 10.6 Å². The molecule has 2 N–H and O–H groups in total. The second-order valence-corrected chi connectivity index (χ2v) is 5.07. The van der Waals surface area contributed by atoms with E-state index in [2.05, 4.69) is 23.8 Å². The van der Waals surface area contributed by atoms with E-state index in [1.807, 2.05) is 18.7 Å². The minimum absolute atomic E-state index is 0.651. The average Bonchev–Trinajstić information content (AvgIpc) is 2.26. The fourth-order valence-electron chi connectivity index (χ4n) is 1.19. The van der Waals surface area contributed by atoms with Crippen molar-refractivity contribution >= 4 is 29.1 Å². The van der Waals surface area contributed by atoms with Gasteiger partial charge in [-0.15, -0.1) is 0 Å². The number of hydrogen-bond acceptors (Lipinski definition) is 3. The molecule has 0 aliphatic heterocycles. The third-order valence-corrected chi connectivity index (χ3v) is 3.21. The summed E-state index contributed by atoms with van der Waals surface area (Å²) < 4.78 is 5.24. The van der Waals surface area contributed by atoms with Gasteiger partial charge in [-0.05, 0) is 43.5 Å². The van der Waals surface area contributed by atoms with Crippen LogP contribution in [0.15, 0.2) is 0 Å². The van der Waals surface area contributed by atoms with E-state index in [4.69, 9.17) is 17.0 Å². The zero-order valence-electron chi connectivity index (χ0n) is 10.5. The van der Waals surface area contributed by atoms with Crippen molar-refractivity contribution < 1.29 is 4.74 Å². The molecule has 0 rings (SSSR count). The summed E-state index contributed by atoms with van der Waals surface area (Å²) in [6, 6.07) is 0. The standard InChI is InChI=1S/C11H24N2OS2/c1-4-14-7-5-6-12-11(15)13-8-10(2)9-16-3/h10H,4-9H2,1-3H3,(H2,12,13,15). The van der Waals surface area contributed by atoms with Crippen LogP contribution < -0.4 is 10.6 Å². The molecule has 0 fully saturated rings. The molecule has 0 aromatic heterocycles. The molecule has 0 aliphatic rings. The van der Waals surface area contributed by atoms with Crippen molar-refractivity contribution in [2.45, 2.75) is 20.3 Å². The first-order chi connectivity index (χ1) is 7.70. The number of nitrogens with one attached hydrogen (secondary N) is 2. The predicted molar refractivity (Wildman–Crippen MR) is 77.3 cm³/mol. The average molecular weight is 264 g/mol. The number of rotatable bonds is 9. The molecule has 0 aromatic carbocycles. The van der Waals surface area contributed by atoms with Crippen LogP contribution in [0, 0.1) is 5.92 Å². The lowest BCUT2D eigenvalue weighted by molar-refractivity contribution is 0.145. The predicted octanol–water partition coefficient (Wildman–Crippen LogP) is 1.88. The van der Waals surface area contributed by atoms with E-state index >= 15 is 0 Å². The van der Waals surface area contributed by atoms with Gasteiger partial charge in [0.25, 0.3) is 0 Å². The summed E-state index contributed by atoms with van der Waals surface area (Å²) in [7, 11) is 0. The number of ether oxygens (including phenoxy) is 1. The first-order valence-corrected chi connectivity index (χ1v) is 7.59. The summed E-state index contributed by atoms with van der Waals surface area (Å²) >= 11 is 7.03. The van der Waals surface area contributed by atoms with Crippen molar-refractivity contribution in [3.8, 4) is 0 Å². The van der Waals surface area contributed by atoms with Gasteiger partial charge in [0.15, 0.2) is 5.11 Å². The molecule has 96 valence electrons. The molecule has 0 heterocycles. The minimum Gasteiger partial charge on any atom is -0.382 e. The van der Waals surface area contributed by atoms with E-state index < -0.39 is 0 Å². The van der Waals surface area contributed by atoms with Crippen LogP contribution in [-0.2, 0) is 4.74 Å². The minimum atomic E-state index is 0.651. The molecular weight excluding hydrogens is 240 g/mol. The molecule has 0 amide bonds. The smallest absolute Gasteiger partial charge is 0.166 e. The maximum absolute atomic E-state index is 5.24. The highest BCUT2D eigenvalue weighted by Crippen LogP contribution is 2.02. The summed E-state index contributed by atoms with van der Waals surface area (Å²) in [4.78, 5) is 0. The van der Waals surface area contributed by atoms with E-state index in [0.29, 0.717) is 5.92 Å². The fraction of sp³-hybridized carbons (Fsp3) is 0.909. The first kappa shape index (κ1) is 16.0. The molecule has 0 aromatic rings. The second-order valence-electron chi connectivity index (χ2n) is 3.75. The summed E-state index contributed by atoms with van der Waals surface area (Å²) in [5.41, 5.74) is 0. The Bertz CT molecular complexity index is 179. The van der Waals surface area contributed by atoms with Crippen molar-refractivity contribution in [2.75, 3.05) is 38.3 Å². The first-order valence-electron chi connectivity index (χ1n) is 5.79. The van der Waals surface area contributed by atoms with Gasteiger partial charge in [-0.25, -0.2) is 0 Å². The van der Waals surface area contributed by atoms with Gasteiger partial charge in [-0.3, -0.25) is 0 Å². The lowest BCUT2D eigenvalue weighted by atomic mass is 10.2. The number of thiocarbonyl (C=S) groups is 1. The van der Waals surface area contributed by atoms with E-state index in [-0.39, 0.29) is 0 Å². The van der Waals surface area contributed by atoms with E-state index in [9.17, 15) is 0 Å². The molecule has 0 saturated carbocycles. The van der Waals surface area contributed by atoms with Gasteiger partial charge in [0, 0.05) is 26.3 Å². The van der Waals surface area contributed by atoms with Crippen LogP contribution in [0.1, 0.15) is 20.3 Å². The molecule has 0 aliphatic carbocycles. The molecule has 0 saturated heterocycles. The monoisotopic (exact) mass is 264 g/mol. The zero-order chi connectivity index (χ0) is 12.2. The zero-order valence-corrected chi connectivity index (χ0v) is 12.2. The Morgan fingerprint density at radius 2 is 2.19 bits per heavy atom. The Balaban J connectivity index is 3.30. The number of hydrogen-bond donors (Lipinski definition) is 2. The summed E-state index contributed by atoms with van der Waals surface area (Å²) in [6.45, 7) is 7.64. The van der Waals surface area contributed by atoms with Gasteiger partial charge < -0.3 is 15.4 Å². The molecule has 5 heteroatoms. The second kappa shape index (κ2) is 11.5. The lowest BCUT2D eigenvalue weighted by Crippen LogP contribution is -2.38. The maximum Gasteiger partial charge on any atom is 0.166 e. The van der Waals surface area contributed by atoms with Gasteiger partial charge in [0.2, 0.25) is 0 Å². The van der Waals surface area contributed by atoms with Crippen LogP contribution in [0.3, 0.4) is 0 Å². The Kier molecular flexibility index (Phi) is 11.5. The fourth-order valence-corrected chi connectivity index (χ4v) is 2.07. The van der Waals surface area contributed by atoms with Gasteiger partial charge in [-0.2, -0.15) is 11.8 Å². The van der Waals surface area contributed by atoms with Crippen LogP contribution in [-0.4, -0.2) is 43.4 Å². The summed E-state index contributed by atoms with van der Waals surface area (Å²) in [5, 5.41) is 7.15. The van der Waals surface area contributed by atoms with Crippen molar-refractivity contribution in [2.24, 2.45) is 5.92 Å². The van der Waals surface area contributed by atoms with E-state index in [1.54, 1.807) is 0 Å². The summed E-state index contributed by atoms with van der Waals surface area (Å²) in [6.07, 6.45) is 3.12. The van der Waals surface area contributed by atoms with Crippen molar-refractivity contribution in [1.29, 1.82) is 0 Å². The largest absolute Gasteiger partial charge is 0.382 e. The SMILES string of the molecule is CCOCCCNC(=S)NCC(C)CSC. The Hall–Kier alpha value is 0. The van der Waals surface area contributed by atoms with Gasteiger partial charge in [0.05, 0.1) is 0 Å². The van der Waals surface area contributed by atoms with Crippen LogP contribution in [0.5, 0.6) is 0 Å². The van der Waals surface area contributed by atoms with Gasteiger partial charge in [0.1, 0.15) is 0 Å². The molecule has 1 atom stereocenters.